The summed E-state index contributed by atoms with van der Waals surface area (Å²) < 4.78 is 5.78. The number of anilines is 1. The molecule has 1 saturated carbocycles. The molecule has 2 amide bonds. The van der Waals surface area contributed by atoms with Gasteiger partial charge in [-0.1, -0.05) is 57.0 Å². The van der Waals surface area contributed by atoms with Crippen molar-refractivity contribution in [2.45, 2.75) is 64.8 Å². The average molecular weight is 437 g/mol. The molecule has 0 heterocycles. The second-order valence-corrected chi connectivity index (χ2v) is 8.95. The fraction of sp³-hybridized carbons (Fsp3) is 0.481. The van der Waals surface area contributed by atoms with E-state index >= 15 is 0 Å². The van der Waals surface area contributed by atoms with Gasteiger partial charge < -0.3 is 15.4 Å². The maximum Gasteiger partial charge on any atom is 0.224 e. The van der Waals surface area contributed by atoms with E-state index in [9.17, 15) is 9.59 Å². The van der Waals surface area contributed by atoms with E-state index in [1.54, 1.807) is 0 Å². The van der Waals surface area contributed by atoms with Gasteiger partial charge in [0.1, 0.15) is 5.75 Å². The van der Waals surface area contributed by atoms with E-state index in [1.807, 2.05) is 42.5 Å². The summed E-state index contributed by atoms with van der Waals surface area (Å²) in [6.07, 6.45) is 5.60. The van der Waals surface area contributed by atoms with Gasteiger partial charge in [0.05, 0.1) is 6.61 Å². The minimum absolute atomic E-state index is 0.0563. The van der Waals surface area contributed by atoms with Crippen LogP contribution in [0.1, 0.15) is 57.9 Å². The molecule has 0 spiro atoms. The molecule has 2 aromatic rings. The molecule has 2 aromatic carbocycles. The quantitative estimate of drug-likeness (QED) is 0.527. The Kier molecular flexibility index (Phi) is 9.14. The highest BCUT2D eigenvalue weighted by atomic mass is 16.5. The first-order chi connectivity index (χ1) is 15.5. The number of ether oxygens (including phenoxy) is 1. The molecule has 2 N–H and O–H groups in total. The molecule has 0 saturated heterocycles. The van der Waals surface area contributed by atoms with E-state index in [0.717, 1.165) is 24.3 Å². The molecule has 0 unspecified atom stereocenters. The van der Waals surface area contributed by atoms with E-state index in [0.29, 0.717) is 37.7 Å². The summed E-state index contributed by atoms with van der Waals surface area (Å²) in [6, 6.07) is 17.9. The van der Waals surface area contributed by atoms with Crippen molar-refractivity contribution < 1.29 is 14.3 Å². The molecular formula is C27H36N2O3. The number of rotatable bonds is 10. The molecule has 1 aliphatic rings. The third kappa shape index (κ3) is 7.70. The van der Waals surface area contributed by atoms with E-state index < -0.39 is 0 Å². The highest BCUT2D eigenvalue weighted by molar-refractivity contribution is 5.91. The lowest BCUT2D eigenvalue weighted by molar-refractivity contribution is -0.122. The lowest BCUT2D eigenvalue weighted by Crippen LogP contribution is -2.43. The fourth-order valence-corrected chi connectivity index (χ4v) is 4.26. The number of hydrogen-bond acceptors (Lipinski definition) is 3. The Morgan fingerprint density at radius 2 is 1.66 bits per heavy atom. The van der Waals surface area contributed by atoms with Crippen molar-refractivity contribution in [3.05, 3.63) is 60.2 Å². The second kappa shape index (κ2) is 12.3. The van der Waals surface area contributed by atoms with E-state index in [1.165, 1.54) is 18.4 Å². The maximum atomic E-state index is 12.3. The van der Waals surface area contributed by atoms with Gasteiger partial charge in [-0.3, -0.25) is 9.59 Å². The number of hydrogen-bond donors (Lipinski definition) is 2. The van der Waals surface area contributed by atoms with Crippen LogP contribution < -0.4 is 15.4 Å². The van der Waals surface area contributed by atoms with Crippen molar-refractivity contribution in [2.24, 2.45) is 11.8 Å². The van der Waals surface area contributed by atoms with Gasteiger partial charge in [-0.25, -0.2) is 0 Å². The Bertz CT molecular complexity index is 851. The predicted octanol–water partition coefficient (Wildman–Crippen LogP) is 5.36. The van der Waals surface area contributed by atoms with Gasteiger partial charge in [0.2, 0.25) is 11.8 Å². The normalized spacial score (nSPS) is 20.4. The molecule has 1 fully saturated rings. The Balaban J connectivity index is 1.32. The number of carbonyl (C=O) groups excluding carboxylic acids is 2. The Hall–Kier alpha value is -2.82. The topological polar surface area (TPSA) is 67.4 Å². The van der Waals surface area contributed by atoms with Gasteiger partial charge in [-0.2, -0.15) is 0 Å². The summed E-state index contributed by atoms with van der Waals surface area (Å²) in [6.45, 7) is 5.09. The van der Waals surface area contributed by atoms with Crippen LogP contribution in [0.5, 0.6) is 5.75 Å². The third-order valence-corrected chi connectivity index (χ3v) is 6.50. The zero-order valence-electron chi connectivity index (χ0n) is 19.3. The summed E-state index contributed by atoms with van der Waals surface area (Å²) in [5.41, 5.74) is 1.98. The Labute approximate surface area is 191 Å². The summed E-state index contributed by atoms with van der Waals surface area (Å²) in [5.74, 6) is 1.93. The highest BCUT2D eigenvalue weighted by Gasteiger charge is 2.27. The van der Waals surface area contributed by atoms with Crippen LogP contribution in [0, 0.1) is 11.8 Å². The van der Waals surface area contributed by atoms with Crippen LogP contribution >= 0.6 is 0 Å². The Morgan fingerprint density at radius 3 is 2.41 bits per heavy atom. The molecule has 3 rings (SSSR count). The lowest BCUT2D eigenvalue weighted by atomic mass is 9.78. The fourth-order valence-electron chi connectivity index (χ4n) is 4.26. The van der Waals surface area contributed by atoms with Crippen molar-refractivity contribution in [3.8, 4) is 5.75 Å². The number of carbonyl (C=O) groups is 2. The van der Waals surface area contributed by atoms with Gasteiger partial charge in [-0.05, 0) is 54.5 Å². The minimum atomic E-state index is -0.0739. The smallest absolute Gasteiger partial charge is 0.224 e. The summed E-state index contributed by atoms with van der Waals surface area (Å²) in [4.78, 5) is 24.5. The monoisotopic (exact) mass is 436 g/mol. The molecule has 5 nitrogen and oxygen atoms in total. The number of nitrogens with one attached hydrogen (secondary N) is 2. The lowest BCUT2D eigenvalue weighted by Gasteiger charge is -2.34. The van der Waals surface area contributed by atoms with Crippen LogP contribution in [0.2, 0.25) is 0 Å². The number of benzene rings is 2. The van der Waals surface area contributed by atoms with Gasteiger partial charge in [0.15, 0.2) is 0 Å². The largest absolute Gasteiger partial charge is 0.493 e. The van der Waals surface area contributed by atoms with Gasteiger partial charge in [-0.15, -0.1) is 0 Å². The van der Waals surface area contributed by atoms with Gasteiger partial charge in [0, 0.05) is 31.0 Å². The Morgan fingerprint density at radius 1 is 0.938 bits per heavy atom. The van der Waals surface area contributed by atoms with Crippen LogP contribution in [-0.2, 0) is 16.0 Å². The highest BCUT2D eigenvalue weighted by Crippen LogP contribution is 2.29. The maximum absolute atomic E-state index is 12.3. The molecule has 0 radical (unpaired) electrons. The van der Waals surface area contributed by atoms with Gasteiger partial charge >= 0.3 is 0 Å². The standard InChI is InChI=1S/C27H36N2O3/c1-20-8-6-11-25(21(20)2)29-27(31)13-7-12-26(30)28-23-14-16-24(17-15-23)32-19-18-22-9-4-3-5-10-22/h3-5,9-10,14-17,20-21,25H,6-8,11-13,18-19H2,1-2H3,(H,28,30)(H,29,31)/t20-,21-,25-/m1/s1. The first-order valence-electron chi connectivity index (χ1n) is 11.9. The molecule has 0 aliphatic heterocycles. The minimum Gasteiger partial charge on any atom is -0.493 e. The average Bonchev–Trinajstić information content (AvgIpc) is 2.79. The van der Waals surface area contributed by atoms with Crippen molar-refractivity contribution in [1.82, 2.24) is 5.32 Å². The van der Waals surface area contributed by atoms with E-state index in [2.05, 4.69) is 36.6 Å². The first kappa shape index (κ1) is 23.8. The van der Waals surface area contributed by atoms with Crippen LogP contribution in [0.3, 0.4) is 0 Å². The van der Waals surface area contributed by atoms with E-state index in [-0.39, 0.29) is 17.9 Å². The van der Waals surface area contributed by atoms with Crippen LogP contribution in [0.15, 0.2) is 54.6 Å². The molecule has 5 heteroatoms. The molecule has 1 aliphatic carbocycles. The molecule has 172 valence electrons. The SMILES string of the molecule is C[C@@H]1[C@H](C)CCC[C@H]1NC(=O)CCCC(=O)Nc1ccc(OCCc2ccccc2)cc1. The summed E-state index contributed by atoms with van der Waals surface area (Å²) in [5, 5.41) is 6.06. The predicted molar refractivity (Wildman–Crippen MR) is 129 cm³/mol. The zero-order valence-corrected chi connectivity index (χ0v) is 19.3. The zero-order chi connectivity index (χ0) is 22.8. The van der Waals surface area contributed by atoms with Crippen LogP contribution in [0.25, 0.3) is 0 Å². The second-order valence-electron chi connectivity index (χ2n) is 8.95. The van der Waals surface area contributed by atoms with Crippen LogP contribution in [-0.4, -0.2) is 24.5 Å². The number of amides is 2. The van der Waals surface area contributed by atoms with Crippen LogP contribution in [0.4, 0.5) is 5.69 Å². The first-order valence-corrected chi connectivity index (χ1v) is 11.9. The molecular weight excluding hydrogens is 400 g/mol. The van der Waals surface area contributed by atoms with Gasteiger partial charge in [0.25, 0.3) is 0 Å². The molecule has 0 aromatic heterocycles. The summed E-state index contributed by atoms with van der Waals surface area (Å²) in [7, 11) is 0. The third-order valence-electron chi connectivity index (χ3n) is 6.50. The summed E-state index contributed by atoms with van der Waals surface area (Å²) >= 11 is 0. The van der Waals surface area contributed by atoms with Crippen molar-refractivity contribution in [1.29, 1.82) is 0 Å². The molecule has 32 heavy (non-hydrogen) atoms. The van der Waals surface area contributed by atoms with Crippen molar-refractivity contribution in [2.75, 3.05) is 11.9 Å². The molecule has 3 atom stereocenters. The van der Waals surface area contributed by atoms with Crippen molar-refractivity contribution in [3.63, 3.8) is 0 Å². The van der Waals surface area contributed by atoms with E-state index in [4.69, 9.17) is 4.74 Å². The van der Waals surface area contributed by atoms with Crippen molar-refractivity contribution >= 4 is 17.5 Å². The molecule has 0 bridgehead atoms.